The SMILES string of the molecule is COC(=O)c1ccc(NC(=O)CS(=O)(=O)c2ccc3c(c2)n(C)c(=O)n3C)cc1. The van der Waals surface area contributed by atoms with Crippen LogP contribution < -0.4 is 11.0 Å². The van der Waals surface area contributed by atoms with Crippen molar-refractivity contribution in [1.29, 1.82) is 0 Å². The van der Waals surface area contributed by atoms with Crippen molar-refractivity contribution in [1.82, 2.24) is 9.13 Å². The predicted octanol–water partition coefficient (Wildman–Crippen LogP) is 1.08. The number of hydrogen-bond acceptors (Lipinski definition) is 6. The first-order valence-corrected chi connectivity index (χ1v) is 10.2. The molecule has 2 aromatic carbocycles. The first kappa shape index (κ1) is 20.3. The van der Waals surface area contributed by atoms with Crippen LogP contribution in [0.2, 0.25) is 0 Å². The number of esters is 1. The lowest BCUT2D eigenvalue weighted by atomic mass is 10.2. The van der Waals surface area contributed by atoms with Gasteiger partial charge in [-0.25, -0.2) is 18.0 Å². The summed E-state index contributed by atoms with van der Waals surface area (Å²) in [6, 6.07) is 10.2. The topological polar surface area (TPSA) is 116 Å². The third-order valence-corrected chi connectivity index (χ3v) is 6.13. The minimum absolute atomic E-state index is 0.0533. The lowest BCUT2D eigenvalue weighted by Gasteiger charge is -2.08. The van der Waals surface area contributed by atoms with Crippen molar-refractivity contribution in [2.24, 2.45) is 14.1 Å². The van der Waals surface area contributed by atoms with Gasteiger partial charge in [-0.2, -0.15) is 0 Å². The zero-order valence-electron chi connectivity index (χ0n) is 16.0. The standard InChI is InChI=1S/C19H19N3O6S/c1-21-15-9-8-14(10-16(15)22(2)19(21)25)29(26,27)11-17(23)20-13-6-4-12(5-7-13)18(24)28-3/h4-10H,11H2,1-3H3,(H,20,23). The summed E-state index contributed by atoms with van der Waals surface area (Å²) in [5.41, 5.74) is 1.42. The summed E-state index contributed by atoms with van der Waals surface area (Å²) in [6.45, 7) is 0. The zero-order chi connectivity index (χ0) is 21.3. The van der Waals surface area contributed by atoms with Gasteiger partial charge in [0.1, 0.15) is 5.75 Å². The Labute approximate surface area is 166 Å². The molecule has 0 unspecified atom stereocenters. The van der Waals surface area contributed by atoms with Crippen molar-refractivity contribution < 1.29 is 22.7 Å². The summed E-state index contributed by atoms with van der Waals surface area (Å²) in [5, 5.41) is 2.48. The fourth-order valence-electron chi connectivity index (χ4n) is 2.94. The maximum Gasteiger partial charge on any atom is 0.337 e. The van der Waals surface area contributed by atoms with Gasteiger partial charge in [0.05, 0.1) is 28.6 Å². The van der Waals surface area contributed by atoms with Crippen LogP contribution in [-0.4, -0.2) is 42.3 Å². The molecule has 10 heteroatoms. The average Bonchev–Trinajstić information content (AvgIpc) is 2.91. The molecule has 152 valence electrons. The number of nitrogens with one attached hydrogen (secondary N) is 1. The smallest absolute Gasteiger partial charge is 0.337 e. The molecule has 3 aromatic rings. The van der Waals surface area contributed by atoms with Crippen molar-refractivity contribution >= 4 is 38.4 Å². The summed E-state index contributed by atoms with van der Waals surface area (Å²) in [6.07, 6.45) is 0. The maximum absolute atomic E-state index is 12.6. The van der Waals surface area contributed by atoms with E-state index in [0.29, 0.717) is 22.3 Å². The number of rotatable bonds is 5. The number of carbonyl (C=O) groups excluding carboxylic acids is 2. The summed E-state index contributed by atoms with van der Waals surface area (Å²) in [5.74, 6) is -2.01. The normalized spacial score (nSPS) is 11.4. The minimum Gasteiger partial charge on any atom is -0.465 e. The molecule has 0 fully saturated rings. The van der Waals surface area contributed by atoms with Gasteiger partial charge >= 0.3 is 11.7 Å². The van der Waals surface area contributed by atoms with Gasteiger partial charge in [0.25, 0.3) is 0 Å². The molecule has 0 spiro atoms. The highest BCUT2D eigenvalue weighted by Gasteiger charge is 2.21. The second kappa shape index (κ2) is 7.55. The number of imidazole rings is 1. The van der Waals surface area contributed by atoms with E-state index in [1.54, 1.807) is 14.1 Å². The molecular weight excluding hydrogens is 398 g/mol. The number of benzene rings is 2. The molecule has 3 rings (SSSR count). The van der Waals surface area contributed by atoms with E-state index < -0.39 is 27.5 Å². The summed E-state index contributed by atoms with van der Waals surface area (Å²) >= 11 is 0. The van der Waals surface area contributed by atoms with Crippen molar-refractivity contribution in [3.05, 3.63) is 58.5 Å². The van der Waals surface area contributed by atoms with Crippen LogP contribution in [0.1, 0.15) is 10.4 Å². The van der Waals surface area contributed by atoms with Crippen LogP contribution in [0.3, 0.4) is 0 Å². The molecule has 1 N–H and O–H groups in total. The van der Waals surface area contributed by atoms with Crippen molar-refractivity contribution in [3.8, 4) is 0 Å². The summed E-state index contributed by atoms with van der Waals surface area (Å²) in [4.78, 5) is 35.6. The Balaban J connectivity index is 1.79. The second-order valence-electron chi connectivity index (χ2n) is 6.43. The van der Waals surface area contributed by atoms with E-state index in [1.165, 1.54) is 58.7 Å². The van der Waals surface area contributed by atoms with E-state index >= 15 is 0 Å². The van der Waals surface area contributed by atoms with Gasteiger partial charge in [0.15, 0.2) is 9.84 Å². The molecule has 0 radical (unpaired) electrons. The molecule has 0 aliphatic carbocycles. The third-order valence-electron chi connectivity index (χ3n) is 4.51. The van der Waals surface area contributed by atoms with E-state index in [4.69, 9.17) is 0 Å². The Hall–Kier alpha value is -3.40. The Kier molecular flexibility index (Phi) is 5.29. The van der Waals surface area contributed by atoms with Crippen LogP contribution in [0.15, 0.2) is 52.2 Å². The van der Waals surface area contributed by atoms with Crippen molar-refractivity contribution in [2.45, 2.75) is 4.90 Å². The van der Waals surface area contributed by atoms with E-state index in [9.17, 15) is 22.8 Å². The fourth-order valence-corrected chi connectivity index (χ4v) is 4.09. The number of sulfone groups is 1. The van der Waals surface area contributed by atoms with E-state index in [1.807, 2.05) is 0 Å². The number of anilines is 1. The molecule has 1 aromatic heterocycles. The van der Waals surface area contributed by atoms with E-state index in [2.05, 4.69) is 10.1 Å². The summed E-state index contributed by atoms with van der Waals surface area (Å²) in [7, 11) is 0.472. The van der Waals surface area contributed by atoms with Crippen molar-refractivity contribution in [3.63, 3.8) is 0 Å². The first-order chi connectivity index (χ1) is 13.6. The average molecular weight is 417 g/mol. The number of hydrogen-bond donors (Lipinski definition) is 1. The lowest BCUT2D eigenvalue weighted by molar-refractivity contribution is -0.113. The number of aromatic nitrogens is 2. The van der Waals surface area contributed by atoms with Crippen molar-refractivity contribution in [2.75, 3.05) is 18.2 Å². The molecule has 0 atom stereocenters. The highest BCUT2D eigenvalue weighted by molar-refractivity contribution is 7.92. The van der Waals surface area contributed by atoms with Gasteiger partial charge in [0.2, 0.25) is 5.91 Å². The van der Waals surface area contributed by atoms with E-state index in [-0.39, 0.29) is 10.6 Å². The largest absolute Gasteiger partial charge is 0.465 e. The van der Waals surface area contributed by atoms with Gasteiger partial charge < -0.3 is 10.1 Å². The number of amides is 1. The fraction of sp³-hybridized carbons (Fsp3) is 0.211. The molecular formula is C19H19N3O6S. The number of carbonyl (C=O) groups is 2. The van der Waals surface area contributed by atoms with Gasteiger partial charge in [-0.05, 0) is 42.5 Å². The Morgan fingerprint density at radius 1 is 1.00 bits per heavy atom. The molecule has 0 saturated carbocycles. The molecule has 29 heavy (non-hydrogen) atoms. The van der Waals surface area contributed by atoms with Crippen LogP contribution in [0, 0.1) is 0 Å². The highest BCUT2D eigenvalue weighted by Crippen LogP contribution is 2.19. The van der Waals surface area contributed by atoms with Crippen LogP contribution in [-0.2, 0) is 33.5 Å². The monoisotopic (exact) mass is 417 g/mol. The molecule has 0 bridgehead atoms. The maximum atomic E-state index is 12.6. The Morgan fingerprint density at radius 2 is 1.62 bits per heavy atom. The molecule has 1 amide bonds. The van der Waals surface area contributed by atoms with Crippen LogP contribution in [0.25, 0.3) is 11.0 Å². The second-order valence-corrected chi connectivity index (χ2v) is 8.42. The number of nitrogens with zero attached hydrogens (tertiary/aromatic N) is 2. The molecule has 1 heterocycles. The number of aryl methyl sites for hydroxylation is 2. The lowest BCUT2D eigenvalue weighted by Crippen LogP contribution is -2.23. The van der Waals surface area contributed by atoms with E-state index in [0.717, 1.165) is 0 Å². The summed E-state index contributed by atoms with van der Waals surface area (Å²) < 4.78 is 32.6. The van der Waals surface area contributed by atoms with Gasteiger partial charge in [-0.3, -0.25) is 13.9 Å². The van der Waals surface area contributed by atoms with Crippen LogP contribution in [0.5, 0.6) is 0 Å². The number of fused-ring (bicyclic) bond motifs is 1. The quantitative estimate of drug-likeness (QED) is 0.621. The van der Waals surface area contributed by atoms with Crippen LogP contribution in [0.4, 0.5) is 5.69 Å². The molecule has 0 aliphatic rings. The molecule has 9 nitrogen and oxygen atoms in total. The minimum atomic E-state index is -3.93. The Bertz CT molecular complexity index is 1270. The third kappa shape index (κ3) is 3.92. The zero-order valence-corrected chi connectivity index (χ0v) is 16.8. The van der Waals surface area contributed by atoms with Crippen LogP contribution >= 0.6 is 0 Å². The van der Waals surface area contributed by atoms with Gasteiger partial charge in [-0.15, -0.1) is 0 Å². The predicted molar refractivity (Wildman–Crippen MR) is 107 cm³/mol. The number of methoxy groups -OCH3 is 1. The molecule has 0 aliphatic heterocycles. The van der Waals surface area contributed by atoms with Gasteiger partial charge in [-0.1, -0.05) is 0 Å². The first-order valence-electron chi connectivity index (χ1n) is 8.50. The highest BCUT2D eigenvalue weighted by atomic mass is 32.2. The number of ether oxygens (including phenoxy) is 1. The molecule has 0 saturated heterocycles. The van der Waals surface area contributed by atoms with Gasteiger partial charge in [0, 0.05) is 19.8 Å². The Morgan fingerprint density at radius 3 is 2.24 bits per heavy atom.